The van der Waals surface area contributed by atoms with Crippen molar-refractivity contribution in [3.63, 3.8) is 0 Å². The van der Waals surface area contributed by atoms with Crippen molar-refractivity contribution >= 4 is 28.9 Å². The maximum Gasteiger partial charge on any atom is 0.191 e. The highest BCUT2D eigenvalue weighted by molar-refractivity contribution is 7.16. The van der Waals surface area contributed by atoms with Crippen LogP contribution in [0.25, 0.3) is 0 Å². The number of aryl methyl sites for hydroxylation is 1. The van der Waals surface area contributed by atoms with Crippen LogP contribution in [0.2, 0.25) is 4.34 Å². The molecule has 120 valence electrons. The van der Waals surface area contributed by atoms with Crippen LogP contribution in [0.3, 0.4) is 0 Å². The first-order valence-corrected chi connectivity index (χ1v) is 8.71. The first-order valence-electron chi connectivity index (χ1n) is 7.51. The second-order valence-electron chi connectivity index (χ2n) is 4.77. The lowest BCUT2D eigenvalue weighted by molar-refractivity contribution is 0.584. The zero-order chi connectivity index (χ0) is 15.6. The molecule has 0 aliphatic heterocycles. The van der Waals surface area contributed by atoms with E-state index in [1.54, 1.807) is 17.5 Å². The van der Waals surface area contributed by atoms with Crippen molar-refractivity contribution in [3.8, 4) is 0 Å². The van der Waals surface area contributed by atoms with Crippen LogP contribution in [0.4, 0.5) is 0 Å². The summed E-state index contributed by atoms with van der Waals surface area (Å²) in [6.07, 6.45) is 5.69. The molecule has 0 fully saturated rings. The van der Waals surface area contributed by atoms with E-state index in [-0.39, 0.29) is 0 Å². The van der Waals surface area contributed by atoms with E-state index >= 15 is 0 Å². The van der Waals surface area contributed by atoms with E-state index in [1.165, 1.54) is 4.88 Å². The Labute approximate surface area is 140 Å². The van der Waals surface area contributed by atoms with E-state index in [2.05, 4.69) is 33.7 Å². The SMILES string of the molecule is CCNC(=NCCCn1cccn1)NCCc1ccc(Cl)s1. The zero-order valence-electron chi connectivity index (χ0n) is 12.8. The number of hydrogen-bond acceptors (Lipinski definition) is 3. The van der Waals surface area contributed by atoms with E-state index < -0.39 is 0 Å². The Bertz CT molecular complexity index is 564. The third-order valence-electron chi connectivity index (χ3n) is 3.01. The smallest absolute Gasteiger partial charge is 0.191 e. The Morgan fingerprint density at radius 1 is 1.41 bits per heavy atom. The van der Waals surface area contributed by atoms with Crippen LogP contribution in [0.1, 0.15) is 18.2 Å². The minimum Gasteiger partial charge on any atom is -0.357 e. The van der Waals surface area contributed by atoms with Crippen molar-refractivity contribution in [2.24, 2.45) is 4.99 Å². The number of halogens is 1. The molecule has 7 heteroatoms. The van der Waals surface area contributed by atoms with Crippen molar-refractivity contribution in [1.82, 2.24) is 20.4 Å². The van der Waals surface area contributed by atoms with Crippen LogP contribution in [0.5, 0.6) is 0 Å². The van der Waals surface area contributed by atoms with Gasteiger partial charge in [0, 0.05) is 43.4 Å². The van der Waals surface area contributed by atoms with E-state index in [4.69, 9.17) is 11.6 Å². The van der Waals surface area contributed by atoms with E-state index in [1.807, 2.05) is 23.0 Å². The van der Waals surface area contributed by atoms with Gasteiger partial charge in [-0.05, 0) is 38.0 Å². The highest BCUT2D eigenvalue weighted by atomic mass is 35.5. The van der Waals surface area contributed by atoms with Crippen molar-refractivity contribution in [3.05, 3.63) is 39.8 Å². The van der Waals surface area contributed by atoms with Crippen LogP contribution >= 0.6 is 22.9 Å². The Kier molecular flexibility index (Phi) is 7.25. The average molecular weight is 340 g/mol. The van der Waals surface area contributed by atoms with E-state index in [0.717, 1.165) is 49.3 Å². The van der Waals surface area contributed by atoms with Gasteiger partial charge in [0.05, 0.1) is 4.34 Å². The molecule has 0 unspecified atom stereocenters. The van der Waals surface area contributed by atoms with Crippen molar-refractivity contribution < 1.29 is 0 Å². The molecule has 0 atom stereocenters. The summed E-state index contributed by atoms with van der Waals surface area (Å²) in [7, 11) is 0. The Morgan fingerprint density at radius 3 is 3.00 bits per heavy atom. The number of nitrogens with one attached hydrogen (secondary N) is 2. The molecule has 0 saturated carbocycles. The summed E-state index contributed by atoms with van der Waals surface area (Å²) in [5.74, 6) is 0.866. The van der Waals surface area contributed by atoms with Crippen molar-refractivity contribution in [2.45, 2.75) is 26.3 Å². The van der Waals surface area contributed by atoms with E-state index in [0.29, 0.717) is 0 Å². The molecule has 0 radical (unpaired) electrons. The van der Waals surface area contributed by atoms with E-state index in [9.17, 15) is 0 Å². The molecule has 2 aromatic heterocycles. The predicted octanol–water partition coefficient (Wildman–Crippen LogP) is 2.79. The first kappa shape index (κ1) is 16.8. The minimum atomic E-state index is 0.778. The first-order chi connectivity index (χ1) is 10.8. The molecule has 0 bridgehead atoms. The number of rotatable bonds is 8. The standard InChI is InChI=1S/C15H22ClN5S/c1-2-17-15(18-8-3-11-21-12-4-9-20-21)19-10-7-13-5-6-14(16)22-13/h4-6,9,12H,2-3,7-8,10-11H2,1H3,(H2,17,18,19). The minimum absolute atomic E-state index is 0.778. The van der Waals surface area contributed by atoms with Gasteiger partial charge in [-0.1, -0.05) is 11.6 Å². The Hall–Kier alpha value is -1.53. The Balaban J connectivity index is 1.69. The third-order valence-corrected chi connectivity index (χ3v) is 4.30. The third kappa shape index (κ3) is 6.07. The summed E-state index contributed by atoms with van der Waals surface area (Å²) < 4.78 is 2.77. The van der Waals surface area contributed by atoms with Crippen LogP contribution in [-0.4, -0.2) is 35.4 Å². The highest BCUT2D eigenvalue weighted by Gasteiger charge is 2.00. The second kappa shape index (κ2) is 9.48. The average Bonchev–Trinajstić information content (AvgIpc) is 3.15. The monoisotopic (exact) mass is 339 g/mol. The largest absolute Gasteiger partial charge is 0.357 e. The molecular formula is C15H22ClN5S. The Morgan fingerprint density at radius 2 is 2.32 bits per heavy atom. The summed E-state index contributed by atoms with van der Waals surface area (Å²) >= 11 is 7.56. The van der Waals surface area contributed by atoms with Gasteiger partial charge in [0.2, 0.25) is 0 Å². The van der Waals surface area contributed by atoms with Gasteiger partial charge in [-0.2, -0.15) is 5.10 Å². The van der Waals surface area contributed by atoms with Crippen LogP contribution in [0.15, 0.2) is 35.6 Å². The molecule has 0 aliphatic carbocycles. The molecule has 5 nitrogen and oxygen atoms in total. The number of thiophene rings is 1. The fourth-order valence-electron chi connectivity index (χ4n) is 1.99. The molecule has 0 aliphatic rings. The number of nitrogens with zero attached hydrogens (tertiary/aromatic N) is 3. The number of guanidine groups is 1. The highest BCUT2D eigenvalue weighted by Crippen LogP contribution is 2.21. The second-order valence-corrected chi connectivity index (χ2v) is 6.57. The van der Waals surface area contributed by atoms with Crippen molar-refractivity contribution in [1.29, 1.82) is 0 Å². The molecule has 0 saturated heterocycles. The van der Waals surface area contributed by atoms with Gasteiger partial charge in [-0.15, -0.1) is 11.3 Å². The fraction of sp³-hybridized carbons (Fsp3) is 0.467. The van der Waals surface area contributed by atoms with Gasteiger partial charge >= 0.3 is 0 Å². The summed E-state index contributed by atoms with van der Waals surface area (Å²) in [6.45, 7) is 5.45. The topological polar surface area (TPSA) is 54.2 Å². The summed E-state index contributed by atoms with van der Waals surface area (Å²) in [5, 5.41) is 10.8. The number of aromatic nitrogens is 2. The molecule has 22 heavy (non-hydrogen) atoms. The summed E-state index contributed by atoms with van der Waals surface area (Å²) in [4.78, 5) is 5.86. The van der Waals surface area contributed by atoms with Gasteiger partial charge in [0.1, 0.15) is 0 Å². The van der Waals surface area contributed by atoms with Gasteiger partial charge in [-0.25, -0.2) is 0 Å². The molecule has 0 amide bonds. The molecule has 2 N–H and O–H groups in total. The summed E-state index contributed by atoms with van der Waals surface area (Å²) in [6, 6.07) is 5.95. The zero-order valence-corrected chi connectivity index (χ0v) is 14.3. The quantitative estimate of drug-likeness (QED) is 0.442. The lowest BCUT2D eigenvalue weighted by atomic mass is 10.3. The lowest BCUT2D eigenvalue weighted by Crippen LogP contribution is -2.38. The van der Waals surface area contributed by atoms with Crippen LogP contribution in [-0.2, 0) is 13.0 Å². The van der Waals surface area contributed by atoms with Gasteiger partial charge in [0.15, 0.2) is 5.96 Å². The molecule has 0 aromatic carbocycles. The molecule has 2 rings (SSSR count). The fourth-order valence-corrected chi connectivity index (χ4v) is 3.08. The maximum atomic E-state index is 5.93. The predicted molar refractivity (Wildman–Crippen MR) is 93.9 cm³/mol. The molecular weight excluding hydrogens is 318 g/mol. The van der Waals surface area contributed by atoms with Gasteiger partial charge in [0.25, 0.3) is 0 Å². The van der Waals surface area contributed by atoms with Crippen LogP contribution in [0, 0.1) is 0 Å². The number of aliphatic imine (C=N–C) groups is 1. The molecule has 2 heterocycles. The normalized spacial score (nSPS) is 11.6. The molecule has 2 aromatic rings. The molecule has 0 spiro atoms. The number of hydrogen-bond donors (Lipinski definition) is 2. The van der Waals surface area contributed by atoms with Gasteiger partial charge < -0.3 is 10.6 Å². The van der Waals surface area contributed by atoms with Crippen molar-refractivity contribution in [2.75, 3.05) is 19.6 Å². The summed E-state index contributed by atoms with van der Waals surface area (Å²) in [5.41, 5.74) is 0. The van der Waals surface area contributed by atoms with Crippen LogP contribution < -0.4 is 10.6 Å². The maximum absolute atomic E-state index is 5.93. The van der Waals surface area contributed by atoms with Gasteiger partial charge in [-0.3, -0.25) is 9.67 Å². The lowest BCUT2D eigenvalue weighted by Gasteiger charge is -2.10.